The first-order valence-corrected chi connectivity index (χ1v) is 7.39. The molecule has 0 unspecified atom stereocenters. The van der Waals surface area contributed by atoms with E-state index in [4.69, 9.17) is 14.2 Å². The Morgan fingerprint density at radius 3 is 2.29 bits per heavy atom. The van der Waals surface area contributed by atoms with E-state index in [1.807, 2.05) is 20.8 Å². The van der Waals surface area contributed by atoms with E-state index in [-0.39, 0.29) is 14.6 Å². The fourth-order valence-corrected chi connectivity index (χ4v) is 1.09. The van der Waals surface area contributed by atoms with Gasteiger partial charge in [0.15, 0.2) is 0 Å². The van der Waals surface area contributed by atoms with Gasteiger partial charge in [-0.1, -0.05) is 20.4 Å². The maximum Gasteiger partial charge on any atom is 0.407 e. The summed E-state index contributed by atoms with van der Waals surface area (Å²) >= 11 is 0. The number of alkyl carbamates (subject to hydrolysis) is 1. The molecule has 1 amide bonds. The zero-order chi connectivity index (χ0) is 16.5. The highest BCUT2D eigenvalue weighted by Crippen LogP contribution is 1.93. The molecule has 6 nitrogen and oxygen atoms in total. The van der Waals surface area contributed by atoms with Crippen molar-refractivity contribution in [1.29, 1.82) is 0 Å². The Hall–Kier alpha value is -1.56. The quantitative estimate of drug-likeness (QED) is 0.381. The van der Waals surface area contributed by atoms with Gasteiger partial charge in [0, 0.05) is 20.2 Å². The number of hydrogen-bond donors (Lipinski definition) is 1. The summed E-state index contributed by atoms with van der Waals surface area (Å²) in [7, 11) is 0. The maximum absolute atomic E-state index is 11.2. The Balaban J connectivity index is -0.00000115. The highest BCUT2D eigenvalue weighted by atomic mass is 16.6. The van der Waals surface area contributed by atoms with Gasteiger partial charge in [0.1, 0.15) is 6.61 Å². The van der Waals surface area contributed by atoms with Crippen molar-refractivity contribution in [2.24, 2.45) is 0 Å². The minimum atomic E-state index is -0.511. The van der Waals surface area contributed by atoms with Crippen LogP contribution in [0.2, 0.25) is 0 Å². The van der Waals surface area contributed by atoms with Crippen LogP contribution in [0.4, 0.5) is 4.79 Å². The molecule has 21 heavy (non-hydrogen) atoms. The predicted molar refractivity (Wildman–Crippen MR) is 84.3 cm³/mol. The molecule has 1 N–H and O–H groups in total. The molecule has 126 valence electrons. The third-order valence-corrected chi connectivity index (χ3v) is 2.07. The van der Waals surface area contributed by atoms with Crippen LogP contribution < -0.4 is 5.32 Å². The largest absolute Gasteiger partial charge is 0.460 e. The van der Waals surface area contributed by atoms with Crippen LogP contribution in [0, 0.1) is 0 Å². The summed E-state index contributed by atoms with van der Waals surface area (Å²) in [6, 6.07) is 0. The van der Waals surface area contributed by atoms with E-state index in [9.17, 15) is 9.59 Å². The maximum atomic E-state index is 11.2. The Labute approximate surface area is 129 Å². The summed E-state index contributed by atoms with van der Waals surface area (Å²) in [6.45, 7) is 13.0. The van der Waals surface area contributed by atoms with Crippen molar-refractivity contribution in [2.45, 2.75) is 40.5 Å². The number of rotatable bonds is 10. The van der Waals surface area contributed by atoms with Crippen molar-refractivity contribution in [3.63, 3.8) is 0 Å². The van der Waals surface area contributed by atoms with E-state index in [0.29, 0.717) is 25.4 Å². The van der Waals surface area contributed by atoms with Gasteiger partial charge in [-0.25, -0.2) is 9.59 Å². The molecule has 0 bridgehead atoms. The minimum Gasteiger partial charge on any atom is -0.460 e. The molecule has 6 heteroatoms. The summed E-state index contributed by atoms with van der Waals surface area (Å²) in [4.78, 5) is 22.2. The lowest BCUT2D eigenvalue weighted by Crippen LogP contribution is -2.29. The average Bonchev–Trinajstić information content (AvgIpc) is 2.49. The van der Waals surface area contributed by atoms with Gasteiger partial charge in [0.05, 0.1) is 13.2 Å². The second-order valence-electron chi connectivity index (χ2n) is 3.88. The van der Waals surface area contributed by atoms with Crippen molar-refractivity contribution >= 4 is 12.1 Å². The topological polar surface area (TPSA) is 73.9 Å². The lowest BCUT2D eigenvalue weighted by Gasteiger charge is -2.07. The number of esters is 1. The summed E-state index contributed by atoms with van der Waals surface area (Å²) < 4.78 is 14.9. The van der Waals surface area contributed by atoms with Crippen molar-refractivity contribution < 1.29 is 25.2 Å². The van der Waals surface area contributed by atoms with E-state index >= 15 is 0 Å². The second-order valence-corrected chi connectivity index (χ2v) is 3.88. The molecule has 0 saturated heterocycles. The molecule has 0 aliphatic heterocycles. The molecule has 0 heterocycles. The Morgan fingerprint density at radius 1 is 1.10 bits per heavy atom. The van der Waals surface area contributed by atoms with Gasteiger partial charge in [-0.3, -0.25) is 0 Å². The summed E-state index contributed by atoms with van der Waals surface area (Å²) in [5.74, 6) is -0.467. The fourth-order valence-electron chi connectivity index (χ4n) is 1.09. The van der Waals surface area contributed by atoms with Gasteiger partial charge in [0.2, 0.25) is 0 Å². The van der Waals surface area contributed by atoms with Crippen molar-refractivity contribution in [3.05, 3.63) is 12.2 Å². The lowest BCUT2D eigenvalue weighted by molar-refractivity contribution is -0.138. The molecule has 0 aliphatic rings. The molecule has 0 radical (unpaired) electrons. The summed E-state index contributed by atoms with van der Waals surface area (Å²) in [5.41, 5.74) is 0.330. The second kappa shape index (κ2) is 16.5. The van der Waals surface area contributed by atoms with Crippen LogP contribution in [0.1, 0.15) is 42.0 Å². The van der Waals surface area contributed by atoms with E-state index in [2.05, 4.69) is 11.9 Å². The number of ether oxygens (including phenoxy) is 3. The zero-order valence-electron chi connectivity index (χ0n) is 13.7. The van der Waals surface area contributed by atoms with Crippen LogP contribution in [0.25, 0.3) is 0 Å². The summed E-state index contributed by atoms with van der Waals surface area (Å²) in [6.07, 6.45) is 1.11. The van der Waals surface area contributed by atoms with Gasteiger partial charge in [-0.15, -0.1) is 0 Å². The SMILES string of the molecule is C=C(C)C(=O)OCCNC(=O)OCCCCOCC.CC.[HH]. The minimum absolute atomic E-state index is 0. The molecule has 0 fully saturated rings. The smallest absolute Gasteiger partial charge is 0.407 e. The summed E-state index contributed by atoms with van der Waals surface area (Å²) in [5, 5.41) is 2.48. The predicted octanol–water partition coefficient (Wildman–Crippen LogP) is 2.92. The lowest BCUT2D eigenvalue weighted by atomic mass is 10.3. The molecule has 0 aliphatic carbocycles. The molecular formula is C15H31NO5. The fraction of sp³-hybridized carbons (Fsp3) is 0.733. The first kappa shape index (κ1) is 21.7. The van der Waals surface area contributed by atoms with Crippen LogP contribution >= 0.6 is 0 Å². The number of nitrogens with one attached hydrogen (secondary N) is 1. The van der Waals surface area contributed by atoms with Gasteiger partial charge in [-0.05, 0) is 26.7 Å². The van der Waals surface area contributed by atoms with Crippen LogP contribution in [0.15, 0.2) is 12.2 Å². The van der Waals surface area contributed by atoms with Gasteiger partial charge in [0.25, 0.3) is 0 Å². The van der Waals surface area contributed by atoms with Crippen molar-refractivity contribution in [2.75, 3.05) is 33.0 Å². The Kier molecular flexibility index (Phi) is 17.1. The molecule has 0 aromatic rings. The third-order valence-electron chi connectivity index (χ3n) is 2.07. The number of amides is 1. The van der Waals surface area contributed by atoms with Crippen LogP contribution in [-0.4, -0.2) is 45.0 Å². The van der Waals surface area contributed by atoms with Gasteiger partial charge in [-0.2, -0.15) is 0 Å². The first-order chi connectivity index (χ1) is 10.1. The molecule has 0 rings (SSSR count). The standard InChI is InChI=1S/C13H23NO5.C2H6.H2/c1-4-17-8-5-6-9-19-13(16)14-7-10-18-12(15)11(2)3;1-2;/h2,4-10H2,1,3H3,(H,14,16);1-2H3;1H. The molecule has 0 atom stereocenters. The highest BCUT2D eigenvalue weighted by Gasteiger charge is 2.04. The van der Waals surface area contributed by atoms with E-state index in [0.717, 1.165) is 12.8 Å². The van der Waals surface area contributed by atoms with E-state index in [1.165, 1.54) is 0 Å². The van der Waals surface area contributed by atoms with E-state index in [1.54, 1.807) is 6.92 Å². The first-order valence-electron chi connectivity index (χ1n) is 7.39. The Morgan fingerprint density at radius 2 is 1.71 bits per heavy atom. The monoisotopic (exact) mass is 305 g/mol. The number of unbranched alkanes of at least 4 members (excludes halogenated alkanes) is 1. The molecule has 0 aromatic heterocycles. The van der Waals surface area contributed by atoms with Crippen LogP contribution in [-0.2, 0) is 19.0 Å². The number of carbonyl (C=O) groups is 2. The highest BCUT2D eigenvalue weighted by molar-refractivity contribution is 5.86. The van der Waals surface area contributed by atoms with Crippen molar-refractivity contribution in [3.8, 4) is 0 Å². The number of carbonyl (C=O) groups excluding carboxylic acids is 2. The number of hydrogen-bond acceptors (Lipinski definition) is 5. The molecule has 0 aromatic carbocycles. The van der Waals surface area contributed by atoms with Crippen LogP contribution in [0.5, 0.6) is 0 Å². The molecule has 0 spiro atoms. The van der Waals surface area contributed by atoms with Gasteiger partial charge >= 0.3 is 12.1 Å². The van der Waals surface area contributed by atoms with Crippen molar-refractivity contribution in [1.82, 2.24) is 5.32 Å². The third kappa shape index (κ3) is 16.4. The van der Waals surface area contributed by atoms with E-state index < -0.39 is 12.1 Å². The normalized spacial score (nSPS) is 9.14. The Bertz CT molecular complexity index is 298. The zero-order valence-corrected chi connectivity index (χ0v) is 13.7. The molecule has 0 saturated carbocycles. The van der Waals surface area contributed by atoms with Crippen LogP contribution in [0.3, 0.4) is 0 Å². The average molecular weight is 305 g/mol. The van der Waals surface area contributed by atoms with Gasteiger partial charge < -0.3 is 19.5 Å². The molecular weight excluding hydrogens is 274 g/mol.